The molecule has 3 aliphatic rings. The van der Waals surface area contributed by atoms with Crippen molar-refractivity contribution in [1.29, 1.82) is 0 Å². The normalized spacial score (nSPS) is 27.5. The molecular formula is C18H32N2O. The highest BCUT2D eigenvalue weighted by atomic mass is 16.2. The summed E-state index contributed by atoms with van der Waals surface area (Å²) in [5.41, 5.74) is 0. The van der Waals surface area contributed by atoms with Crippen LogP contribution in [0.25, 0.3) is 0 Å². The van der Waals surface area contributed by atoms with E-state index in [1.807, 2.05) is 0 Å². The molecule has 3 fully saturated rings. The quantitative estimate of drug-likeness (QED) is 0.762. The van der Waals surface area contributed by atoms with E-state index in [2.05, 4.69) is 10.2 Å². The molecule has 1 N–H and O–H groups in total. The fourth-order valence-corrected chi connectivity index (χ4v) is 4.01. The summed E-state index contributed by atoms with van der Waals surface area (Å²) in [6.07, 6.45) is 14.0. The van der Waals surface area contributed by atoms with Crippen LogP contribution < -0.4 is 5.32 Å². The van der Waals surface area contributed by atoms with Crippen LogP contribution in [0, 0.1) is 11.8 Å². The van der Waals surface area contributed by atoms with Crippen molar-refractivity contribution in [3.8, 4) is 0 Å². The molecule has 0 radical (unpaired) electrons. The first kappa shape index (κ1) is 15.3. The zero-order valence-corrected chi connectivity index (χ0v) is 13.5. The second-order valence-corrected chi connectivity index (χ2v) is 7.60. The molecule has 0 aromatic heterocycles. The van der Waals surface area contributed by atoms with Crippen molar-refractivity contribution in [3.63, 3.8) is 0 Å². The molecule has 2 saturated carbocycles. The van der Waals surface area contributed by atoms with Gasteiger partial charge in [-0.2, -0.15) is 0 Å². The van der Waals surface area contributed by atoms with E-state index < -0.39 is 0 Å². The van der Waals surface area contributed by atoms with Crippen LogP contribution in [0.3, 0.4) is 0 Å². The van der Waals surface area contributed by atoms with E-state index in [0.29, 0.717) is 17.9 Å². The molecule has 1 amide bonds. The van der Waals surface area contributed by atoms with Crippen molar-refractivity contribution in [2.24, 2.45) is 11.8 Å². The average molecular weight is 292 g/mol. The number of hydrogen-bond acceptors (Lipinski definition) is 2. The smallest absolute Gasteiger partial charge is 0.222 e. The third-order valence-electron chi connectivity index (χ3n) is 5.57. The minimum Gasteiger partial charge on any atom is -0.341 e. The van der Waals surface area contributed by atoms with Crippen LogP contribution >= 0.6 is 0 Å². The van der Waals surface area contributed by atoms with Crippen LogP contribution in [0.5, 0.6) is 0 Å². The van der Waals surface area contributed by atoms with Crippen LogP contribution in [-0.2, 0) is 4.79 Å². The number of nitrogens with zero attached hydrogens (tertiary/aromatic N) is 1. The van der Waals surface area contributed by atoms with Gasteiger partial charge in [0, 0.05) is 25.6 Å². The summed E-state index contributed by atoms with van der Waals surface area (Å²) in [7, 11) is 0. The largest absolute Gasteiger partial charge is 0.341 e. The number of nitrogens with one attached hydrogen (secondary N) is 1. The highest BCUT2D eigenvalue weighted by Crippen LogP contribution is 2.31. The van der Waals surface area contributed by atoms with Gasteiger partial charge in [-0.25, -0.2) is 0 Å². The molecule has 3 nitrogen and oxygen atoms in total. The minimum atomic E-state index is 0.447. The summed E-state index contributed by atoms with van der Waals surface area (Å²) in [6.45, 7) is 3.13. The summed E-state index contributed by atoms with van der Waals surface area (Å²) in [4.78, 5) is 15.0. The summed E-state index contributed by atoms with van der Waals surface area (Å²) >= 11 is 0. The van der Waals surface area contributed by atoms with Crippen LogP contribution in [0.2, 0.25) is 0 Å². The molecule has 0 bridgehead atoms. The van der Waals surface area contributed by atoms with Crippen molar-refractivity contribution in [1.82, 2.24) is 10.2 Å². The SMILES string of the molecule is O=C(CC1CCCCCC1)N(CC1CC1)CC1CCCN1. The molecule has 1 atom stereocenters. The predicted octanol–water partition coefficient (Wildman–Crippen LogP) is 3.34. The Hall–Kier alpha value is -0.570. The highest BCUT2D eigenvalue weighted by molar-refractivity contribution is 5.76. The van der Waals surface area contributed by atoms with Gasteiger partial charge in [-0.15, -0.1) is 0 Å². The molecule has 3 rings (SSSR count). The van der Waals surface area contributed by atoms with E-state index in [9.17, 15) is 4.79 Å². The first-order valence-corrected chi connectivity index (χ1v) is 9.32. The van der Waals surface area contributed by atoms with Crippen LogP contribution in [0.4, 0.5) is 0 Å². The third kappa shape index (κ3) is 4.98. The van der Waals surface area contributed by atoms with Gasteiger partial charge in [-0.3, -0.25) is 4.79 Å². The molecular weight excluding hydrogens is 260 g/mol. The lowest BCUT2D eigenvalue weighted by Crippen LogP contribution is -2.42. The zero-order chi connectivity index (χ0) is 14.5. The van der Waals surface area contributed by atoms with Crippen molar-refractivity contribution < 1.29 is 4.79 Å². The summed E-state index contributed by atoms with van der Waals surface area (Å²) in [6, 6.07) is 0.557. The van der Waals surface area contributed by atoms with Gasteiger partial charge in [-0.05, 0) is 56.9 Å². The first-order valence-electron chi connectivity index (χ1n) is 9.32. The topological polar surface area (TPSA) is 32.3 Å². The maximum absolute atomic E-state index is 12.8. The Balaban J connectivity index is 1.51. The molecule has 0 aromatic carbocycles. The Labute approximate surface area is 129 Å². The molecule has 1 saturated heterocycles. The monoisotopic (exact) mass is 292 g/mol. The van der Waals surface area contributed by atoms with Gasteiger partial charge in [0.25, 0.3) is 0 Å². The third-order valence-corrected chi connectivity index (χ3v) is 5.57. The van der Waals surface area contributed by atoms with Gasteiger partial charge >= 0.3 is 0 Å². The summed E-state index contributed by atoms with van der Waals surface area (Å²) < 4.78 is 0. The van der Waals surface area contributed by atoms with Crippen LogP contribution in [-0.4, -0.2) is 36.5 Å². The van der Waals surface area contributed by atoms with E-state index in [0.717, 1.165) is 32.0 Å². The van der Waals surface area contributed by atoms with Gasteiger partial charge in [0.05, 0.1) is 0 Å². The van der Waals surface area contributed by atoms with Gasteiger partial charge in [-0.1, -0.05) is 25.7 Å². The van der Waals surface area contributed by atoms with E-state index in [1.54, 1.807) is 0 Å². The van der Waals surface area contributed by atoms with Crippen molar-refractivity contribution in [3.05, 3.63) is 0 Å². The Morgan fingerprint density at radius 3 is 2.24 bits per heavy atom. The molecule has 1 aliphatic heterocycles. The van der Waals surface area contributed by atoms with Gasteiger partial charge in [0.15, 0.2) is 0 Å². The Bertz CT molecular complexity index is 326. The van der Waals surface area contributed by atoms with Gasteiger partial charge < -0.3 is 10.2 Å². The molecule has 21 heavy (non-hydrogen) atoms. The number of carbonyl (C=O) groups is 1. The van der Waals surface area contributed by atoms with Crippen LogP contribution in [0.1, 0.15) is 70.6 Å². The van der Waals surface area contributed by atoms with E-state index in [4.69, 9.17) is 0 Å². The molecule has 0 aromatic rings. The Morgan fingerprint density at radius 2 is 1.62 bits per heavy atom. The predicted molar refractivity (Wildman–Crippen MR) is 86.1 cm³/mol. The van der Waals surface area contributed by atoms with Crippen molar-refractivity contribution >= 4 is 5.91 Å². The fourth-order valence-electron chi connectivity index (χ4n) is 4.01. The second kappa shape index (κ2) is 7.62. The maximum Gasteiger partial charge on any atom is 0.222 e. The molecule has 0 spiro atoms. The first-order chi connectivity index (χ1) is 10.3. The number of carbonyl (C=O) groups excluding carboxylic acids is 1. The average Bonchev–Trinajstić information content (AvgIpc) is 3.21. The number of amides is 1. The summed E-state index contributed by atoms with van der Waals surface area (Å²) in [5, 5.41) is 3.56. The maximum atomic E-state index is 12.8. The zero-order valence-electron chi connectivity index (χ0n) is 13.5. The van der Waals surface area contributed by atoms with E-state index >= 15 is 0 Å². The van der Waals surface area contributed by atoms with Gasteiger partial charge in [0.1, 0.15) is 0 Å². The molecule has 2 aliphatic carbocycles. The lowest BCUT2D eigenvalue weighted by Gasteiger charge is -2.27. The number of rotatable bonds is 6. The lowest BCUT2D eigenvalue weighted by atomic mass is 9.96. The Kier molecular flexibility index (Phi) is 5.56. The molecule has 1 unspecified atom stereocenters. The fraction of sp³-hybridized carbons (Fsp3) is 0.944. The molecule has 1 heterocycles. The van der Waals surface area contributed by atoms with E-state index in [-0.39, 0.29) is 0 Å². The highest BCUT2D eigenvalue weighted by Gasteiger charge is 2.30. The van der Waals surface area contributed by atoms with Crippen LogP contribution in [0.15, 0.2) is 0 Å². The van der Waals surface area contributed by atoms with Gasteiger partial charge in [0.2, 0.25) is 5.91 Å². The standard InChI is InChI=1S/C18H32N2O/c21-18(12-15-6-3-1-2-4-7-15)20(13-16-9-10-16)14-17-8-5-11-19-17/h15-17,19H,1-14H2. The summed E-state index contributed by atoms with van der Waals surface area (Å²) in [5.74, 6) is 1.92. The molecule has 3 heteroatoms. The van der Waals surface area contributed by atoms with E-state index in [1.165, 1.54) is 64.2 Å². The Morgan fingerprint density at radius 1 is 0.857 bits per heavy atom. The second-order valence-electron chi connectivity index (χ2n) is 7.60. The lowest BCUT2D eigenvalue weighted by molar-refractivity contribution is -0.133. The number of hydrogen-bond donors (Lipinski definition) is 1. The molecule has 120 valence electrons. The van der Waals surface area contributed by atoms with Crippen molar-refractivity contribution in [2.45, 2.75) is 76.7 Å². The van der Waals surface area contributed by atoms with Crippen molar-refractivity contribution in [2.75, 3.05) is 19.6 Å². The minimum absolute atomic E-state index is 0.447.